The van der Waals surface area contributed by atoms with Crippen molar-refractivity contribution < 1.29 is 14.6 Å². The average molecular weight is 279 g/mol. The fourth-order valence-electron chi connectivity index (χ4n) is 2.42. The molecule has 2 heterocycles. The SMILES string of the molecule is CC(C)Oc1cc(N2CCC(CC(=O)O)CC2)ncn1. The first-order valence-corrected chi connectivity index (χ1v) is 7.00. The van der Waals surface area contributed by atoms with Crippen molar-refractivity contribution in [1.29, 1.82) is 0 Å². The first-order valence-electron chi connectivity index (χ1n) is 7.00. The molecule has 6 heteroatoms. The van der Waals surface area contributed by atoms with E-state index in [4.69, 9.17) is 9.84 Å². The average Bonchev–Trinajstić information content (AvgIpc) is 2.38. The molecule has 0 aromatic carbocycles. The van der Waals surface area contributed by atoms with E-state index in [1.165, 1.54) is 6.33 Å². The van der Waals surface area contributed by atoms with Gasteiger partial charge in [0.15, 0.2) is 0 Å². The van der Waals surface area contributed by atoms with Gasteiger partial charge in [-0.1, -0.05) is 0 Å². The van der Waals surface area contributed by atoms with Gasteiger partial charge < -0.3 is 14.7 Å². The molecule has 1 fully saturated rings. The lowest BCUT2D eigenvalue weighted by Crippen LogP contribution is -2.34. The molecular weight excluding hydrogens is 258 g/mol. The van der Waals surface area contributed by atoms with Crippen LogP contribution >= 0.6 is 0 Å². The van der Waals surface area contributed by atoms with Gasteiger partial charge in [0.1, 0.15) is 12.1 Å². The quantitative estimate of drug-likeness (QED) is 0.888. The summed E-state index contributed by atoms with van der Waals surface area (Å²) in [5.41, 5.74) is 0. The van der Waals surface area contributed by atoms with Crippen LogP contribution < -0.4 is 9.64 Å². The minimum absolute atomic E-state index is 0.0825. The molecular formula is C14H21N3O3. The van der Waals surface area contributed by atoms with Crippen LogP contribution in [0.5, 0.6) is 5.88 Å². The third-order valence-electron chi connectivity index (χ3n) is 3.39. The van der Waals surface area contributed by atoms with E-state index in [1.54, 1.807) is 0 Å². The van der Waals surface area contributed by atoms with Crippen LogP contribution in [0.4, 0.5) is 5.82 Å². The summed E-state index contributed by atoms with van der Waals surface area (Å²) in [5, 5.41) is 8.82. The minimum atomic E-state index is -0.710. The number of piperidine rings is 1. The van der Waals surface area contributed by atoms with Crippen molar-refractivity contribution in [1.82, 2.24) is 9.97 Å². The van der Waals surface area contributed by atoms with E-state index >= 15 is 0 Å². The van der Waals surface area contributed by atoms with E-state index in [0.29, 0.717) is 5.88 Å². The van der Waals surface area contributed by atoms with E-state index < -0.39 is 5.97 Å². The van der Waals surface area contributed by atoms with Gasteiger partial charge in [0.25, 0.3) is 0 Å². The Labute approximate surface area is 118 Å². The van der Waals surface area contributed by atoms with Crippen molar-refractivity contribution in [3.05, 3.63) is 12.4 Å². The van der Waals surface area contributed by atoms with Gasteiger partial charge in [-0.2, -0.15) is 0 Å². The number of ether oxygens (including phenoxy) is 1. The lowest BCUT2D eigenvalue weighted by molar-refractivity contribution is -0.138. The zero-order valence-corrected chi connectivity index (χ0v) is 12.0. The number of aromatic nitrogens is 2. The summed E-state index contributed by atoms with van der Waals surface area (Å²) in [7, 11) is 0. The molecule has 1 aliphatic rings. The summed E-state index contributed by atoms with van der Waals surface area (Å²) < 4.78 is 5.56. The second-order valence-corrected chi connectivity index (χ2v) is 5.41. The minimum Gasteiger partial charge on any atom is -0.481 e. The first-order chi connectivity index (χ1) is 9.54. The zero-order chi connectivity index (χ0) is 14.5. The van der Waals surface area contributed by atoms with Gasteiger partial charge in [0, 0.05) is 25.6 Å². The number of aliphatic carboxylic acids is 1. The zero-order valence-electron chi connectivity index (χ0n) is 12.0. The number of rotatable bonds is 5. The van der Waals surface area contributed by atoms with E-state index in [-0.39, 0.29) is 18.4 Å². The van der Waals surface area contributed by atoms with Gasteiger partial charge in [-0.25, -0.2) is 9.97 Å². The number of nitrogens with zero attached hydrogens (tertiary/aromatic N) is 3. The van der Waals surface area contributed by atoms with Crippen LogP contribution in [0.1, 0.15) is 33.1 Å². The highest BCUT2D eigenvalue weighted by molar-refractivity contribution is 5.67. The monoisotopic (exact) mass is 279 g/mol. The van der Waals surface area contributed by atoms with Crippen LogP contribution in [0.15, 0.2) is 12.4 Å². The van der Waals surface area contributed by atoms with Crippen molar-refractivity contribution >= 4 is 11.8 Å². The number of carbonyl (C=O) groups is 1. The molecule has 1 aromatic heterocycles. The fraction of sp³-hybridized carbons (Fsp3) is 0.643. The number of hydrogen-bond donors (Lipinski definition) is 1. The molecule has 1 saturated heterocycles. The lowest BCUT2D eigenvalue weighted by atomic mass is 9.94. The summed E-state index contributed by atoms with van der Waals surface area (Å²) in [4.78, 5) is 21.2. The van der Waals surface area contributed by atoms with Crippen LogP contribution in [0.3, 0.4) is 0 Å². The predicted octanol–water partition coefficient (Wildman–Crippen LogP) is 1.95. The fourth-order valence-corrected chi connectivity index (χ4v) is 2.42. The Morgan fingerprint density at radius 2 is 2.15 bits per heavy atom. The van der Waals surface area contributed by atoms with Gasteiger partial charge in [-0.15, -0.1) is 0 Å². The number of hydrogen-bond acceptors (Lipinski definition) is 5. The van der Waals surface area contributed by atoms with Gasteiger partial charge >= 0.3 is 5.97 Å². The number of carboxylic acids is 1. The number of anilines is 1. The Morgan fingerprint density at radius 1 is 1.45 bits per heavy atom. The second-order valence-electron chi connectivity index (χ2n) is 5.41. The van der Waals surface area contributed by atoms with Crippen LogP contribution in [0, 0.1) is 5.92 Å². The summed E-state index contributed by atoms with van der Waals surface area (Å²) in [5.74, 6) is 0.997. The summed E-state index contributed by atoms with van der Waals surface area (Å²) >= 11 is 0. The van der Waals surface area contributed by atoms with Gasteiger partial charge in [0.05, 0.1) is 6.10 Å². The Kier molecular flexibility index (Phi) is 4.76. The Morgan fingerprint density at radius 3 is 2.75 bits per heavy atom. The molecule has 1 aliphatic heterocycles. The van der Waals surface area contributed by atoms with E-state index in [0.717, 1.165) is 31.7 Å². The third kappa shape index (κ3) is 4.08. The normalized spacial score (nSPS) is 16.4. The Balaban J connectivity index is 1.94. The predicted molar refractivity (Wildman–Crippen MR) is 75.0 cm³/mol. The van der Waals surface area contributed by atoms with Crippen molar-refractivity contribution in [2.24, 2.45) is 5.92 Å². The summed E-state index contributed by atoms with van der Waals surface area (Å²) in [6, 6.07) is 1.84. The molecule has 2 rings (SSSR count). The molecule has 0 spiro atoms. The van der Waals surface area contributed by atoms with Gasteiger partial charge in [-0.3, -0.25) is 4.79 Å². The van der Waals surface area contributed by atoms with Crippen molar-refractivity contribution in [2.75, 3.05) is 18.0 Å². The van der Waals surface area contributed by atoms with Crippen molar-refractivity contribution in [2.45, 2.75) is 39.2 Å². The summed E-state index contributed by atoms with van der Waals surface area (Å²) in [6.45, 7) is 5.57. The maximum atomic E-state index is 10.7. The number of carboxylic acid groups (broad SMARTS) is 1. The van der Waals surface area contributed by atoms with Gasteiger partial charge in [-0.05, 0) is 32.6 Å². The highest BCUT2D eigenvalue weighted by Crippen LogP contribution is 2.25. The molecule has 0 unspecified atom stereocenters. The van der Waals surface area contributed by atoms with E-state index in [1.807, 2.05) is 19.9 Å². The molecule has 0 atom stereocenters. The molecule has 0 radical (unpaired) electrons. The summed E-state index contributed by atoms with van der Waals surface area (Å²) in [6.07, 6.45) is 3.63. The van der Waals surface area contributed by atoms with E-state index in [9.17, 15) is 4.79 Å². The lowest BCUT2D eigenvalue weighted by Gasteiger charge is -2.32. The first kappa shape index (κ1) is 14.6. The topological polar surface area (TPSA) is 75.5 Å². The molecule has 1 N–H and O–H groups in total. The highest BCUT2D eigenvalue weighted by Gasteiger charge is 2.22. The van der Waals surface area contributed by atoms with Crippen molar-refractivity contribution in [3.63, 3.8) is 0 Å². The van der Waals surface area contributed by atoms with E-state index in [2.05, 4.69) is 14.9 Å². The van der Waals surface area contributed by atoms with Crippen LogP contribution in [-0.2, 0) is 4.79 Å². The molecule has 0 saturated carbocycles. The molecule has 20 heavy (non-hydrogen) atoms. The highest BCUT2D eigenvalue weighted by atomic mass is 16.5. The van der Waals surface area contributed by atoms with Crippen LogP contribution in [-0.4, -0.2) is 40.2 Å². The van der Waals surface area contributed by atoms with Crippen LogP contribution in [0.2, 0.25) is 0 Å². The smallest absolute Gasteiger partial charge is 0.303 e. The maximum absolute atomic E-state index is 10.7. The Bertz CT molecular complexity index is 457. The largest absolute Gasteiger partial charge is 0.481 e. The molecule has 6 nitrogen and oxygen atoms in total. The molecule has 0 amide bonds. The maximum Gasteiger partial charge on any atom is 0.303 e. The van der Waals surface area contributed by atoms with Gasteiger partial charge in [0.2, 0.25) is 5.88 Å². The second kappa shape index (κ2) is 6.54. The molecule has 110 valence electrons. The molecule has 0 bridgehead atoms. The third-order valence-corrected chi connectivity index (χ3v) is 3.39. The van der Waals surface area contributed by atoms with Crippen molar-refractivity contribution in [3.8, 4) is 5.88 Å². The molecule has 1 aromatic rings. The Hall–Kier alpha value is -1.85. The molecule has 0 aliphatic carbocycles. The van der Waals surface area contributed by atoms with Crippen LogP contribution in [0.25, 0.3) is 0 Å². The standard InChI is InChI=1S/C14H21N3O3/c1-10(2)20-13-8-12(15-9-16-13)17-5-3-11(4-6-17)7-14(18)19/h8-11H,3-7H2,1-2H3,(H,18,19).